The number of aromatic nitrogens is 3. The summed E-state index contributed by atoms with van der Waals surface area (Å²) in [6.45, 7) is 8.01. The van der Waals surface area contributed by atoms with E-state index in [9.17, 15) is 18.0 Å². The van der Waals surface area contributed by atoms with E-state index < -0.39 is 11.9 Å². The molecule has 0 saturated carbocycles. The fraction of sp³-hybridized carbons (Fsp3) is 0.421. The Hall–Kier alpha value is -2.42. The molecule has 1 amide bonds. The number of alkyl halides is 3. The van der Waals surface area contributed by atoms with Crippen LogP contribution in [0.3, 0.4) is 0 Å². The minimum atomic E-state index is -4.44. The number of nitrogens with zero attached hydrogens (tertiary/aromatic N) is 3. The number of amides is 1. The molecule has 3 rings (SSSR count). The van der Waals surface area contributed by atoms with Gasteiger partial charge in [0.15, 0.2) is 5.69 Å². The van der Waals surface area contributed by atoms with Gasteiger partial charge in [-0.3, -0.25) is 4.79 Å². The second-order valence-electron chi connectivity index (χ2n) is 7.91. The van der Waals surface area contributed by atoms with E-state index in [2.05, 4.69) is 15.3 Å². The van der Waals surface area contributed by atoms with Crippen LogP contribution in [0.1, 0.15) is 43.5 Å². The van der Waals surface area contributed by atoms with E-state index in [1.165, 1.54) is 0 Å². The minimum Gasteiger partial charge on any atom is -0.339 e. The zero-order valence-electron chi connectivity index (χ0n) is 16.0. The van der Waals surface area contributed by atoms with E-state index in [0.29, 0.717) is 22.8 Å². The SMILES string of the molecule is Cc1cc2c(ccn2Cc2nc(C(F)(F)F)cs2)nc1NC(=O)CC(C)(C)C. The van der Waals surface area contributed by atoms with Crippen molar-refractivity contribution in [3.63, 3.8) is 0 Å². The standard InChI is InChI=1S/C19H21F3N4OS/c1-11-7-13-12(23-17(11)25-15(27)8-18(2,3)4)5-6-26(13)9-16-24-14(10-28-16)19(20,21)22/h5-7,10H,8-9H2,1-4H3,(H,23,25,27). The molecule has 150 valence electrons. The van der Waals surface area contributed by atoms with Gasteiger partial charge in [0.05, 0.1) is 17.6 Å². The Balaban J connectivity index is 1.82. The summed E-state index contributed by atoms with van der Waals surface area (Å²) in [5.41, 5.74) is 1.21. The van der Waals surface area contributed by atoms with Crippen molar-refractivity contribution in [2.75, 3.05) is 5.32 Å². The lowest BCUT2D eigenvalue weighted by Gasteiger charge is -2.17. The summed E-state index contributed by atoms with van der Waals surface area (Å²) in [4.78, 5) is 20.4. The number of nitrogens with one attached hydrogen (secondary N) is 1. The molecular weight excluding hydrogens is 389 g/mol. The van der Waals surface area contributed by atoms with E-state index in [4.69, 9.17) is 0 Å². The third kappa shape index (κ3) is 4.70. The number of pyridine rings is 1. The van der Waals surface area contributed by atoms with Gasteiger partial charge in [-0.05, 0) is 30.0 Å². The van der Waals surface area contributed by atoms with Crippen LogP contribution in [0, 0.1) is 12.3 Å². The second-order valence-corrected chi connectivity index (χ2v) is 8.85. The quantitative estimate of drug-likeness (QED) is 0.640. The summed E-state index contributed by atoms with van der Waals surface area (Å²) in [6, 6.07) is 3.64. The first-order valence-corrected chi connectivity index (χ1v) is 9.58. The van der Waals surface area contributed by atoms with Gasteiger partial charge in [-0.1, -0.05) is 20.8 Å². The van der Waals surface area contributed by atoms with Crippen LogP contribution < -0.4 is 5.32 Å². The number of aryl methyl sites for hydroxylation is 1. The molecule has 5 nitrogen and oxygen atoms in total. The number of halogens is 3. The topological polar surface area (TPSA) is 59.8 Å². The Morgan fingerprint density at radius 1 is 1.25 bits per heavy atom. The Bertz CT molecular complexity index is 1010. The molecule has 28 heavy (non-hydrogen) atoms. The molecule has 3 heterocycles. The van der Waals surface area contributed by atoms with Crippen molar-refractivity contribution >= 4 is 34.1 Å². The average Bonchev–Trinajstić information content (AvgIpc) is 3.14. The van der Waals surface area contributed by atoms with Crippen LogP contribution in [0.4, 0.5) is 19.0 Å². The van der Waals surface area contributed by atoms with Crippen molar-refractivity contribution in [3.05, 3.63) is 40.0 Å². The number of thiazole rings is 1. The fourth-order valence-corrected chi connectivity index (χ4v) is 3.59. The van der Waals surface area contributed by atoms with Gasteiger partial charge in [0.2, 0.25) is 5.91 Å². The van der Waals surface area contributed by atoms with Crippen LogP contribution in [0.5, 0.6) is 0 Å². The minimum absolute atomic E-state index is 0.107. The van der Waals surface area contributed by atoms with E-state index in [1.807, 2.05) is 33.8 Å². The third-order valence-corrected chi connectivity index (χ3v) is 4.87. The highest BCUT2D eigenvalue weighted by molar-refractivity contribution is 7.09. The first-order chi connectivity index (χ1) is 12.9. The summed E-state index contributed by atoms with van der Waals surface area (Å²) < 4.78 is 40.0. The zero-order chi connectivity index (χ0) is 20.7. The number of anilines is 1. The molecule has 0 aliphatic carbocycles. The van der Waals surface area contributed by atoms with Crippen LogP contribution in [0.25, 0.3) is 11.0 Å². The smallest absolute Gasteiger partial charge is 0.339 e. The van der Waals surface area contributed by atoms with Crippen molar-refractivity contribution in [2.45, 2.75) is 46.8 Å². The van der Waals surface area contributed by atoms with Crippen molar-refractivity contribution in [2.24, 2.45) is 5.41 Å². The molecule has 0 aromatic carbocycles. The van der Waals surface area contributed by atoms with Gasteiger partial charge in [-0.15, -0.1) is 11.3 Å². The van der Waals surface area contributed by atoms with Gasteiger partial charge in [-0.2, -0.15) is 13.2 Å². The van der Waals surface area contributed by atoms with E-state index >= 15 is 0 Å². The van der Waals surface area contributed by atoms with Crippen molar-refractivity contribution in [3.8, 4) is 0 Å². The largest absolute Gasteiger partial charge is 0.434 e. The van der Waals surface area contributed by atoms with Crippen LogP contribution >= 0.6 is 11.3 Å². The second kappa shape index (κ2) is 7.20. The molecule has 0 atom stereocenters. The summed E-state index contributed by atoms with van der Waals surface area (Å²) in [5, 5.41) is 4.23. The highest BCUT2D eigenvalue weighted by atomic mass is 32.1. The Kier molecular flexibility index (Phi) is 5.22. The predicted molar refractivity (Wildman–Crippen MR) is 103 cm³/mol. The van der Waals surface area contributed by atoms with E-state index in [-0.39, 0.29) is 17.9 Å². The van der Waals surface area contributed by atoms with Crippen molar-refractivity contribution in [1.82, 2.24) is 14.5 Å². The van der Waals surface area contributed by atoms with Crippen LogP contribution in [-0.4, -0.2) is 20.4 Å². The number of hydrogen-bond donors (Lipinski definition) is 1. The molecular formula is C19H21F3N4OS. The number of carbonyl (C=O) groups is 1. The van der Waals surface area contributed by atoms with Crippen LogP contribution in [-0.2, 0) is 17.5 Å². The summed E-state index contributed by atoms with van der Waals surface area (Å²) in [7, 11) is 0. The molecule has 0 aliphatic rings. The molecule has 3 aromatic heterocycles. The summed E-state index contributed by atoms with van der Waals surface area (Å²) >= 11 is 0.975. The summed E-state index contributed by atoms with van der Waals surface area (Å²) in [6.07, 6.45) is -2.31. The maximum absolute atomic E-state index is 12.7. The summed E-state index contributed by atoms with van der Waals surface area (Å²) in [5.74, 6) is 0.387. The maximum Gasteiger partial charge on any atom is 0.434 e. The van der Waals surface area contributed by atoms with Gasteiger partial charge in [0.1, 0.15) is 10.8 Å². The van der Waals surface area contributed by atoms with Gasteiger partial charge in [-0.25, -0.2) is 9.97 Å². The van der Waals surface area contributed by atoms with Crippen LogP contribution in [0.2, 0.25) is 0 Å². The van der Waals surface area contributed by atoms with Gasteiger partial charge in [0, 0.05) is 18.0 Å². The van der Waals surface area contributed by atoms with Crippen molar-refractivity contribution in [1.29, 1.82) is 0 Å². The average molecular weight is 410 g/mol. The van der Waals surface area contributed by atoms with E-state index in [0.717, 1.165) is 27.8 Å². The monoisotopic (exact) mass is 410 g/mol. The predicted octanol–water partition coefficient (Wildman–Crippen LogP) is 5.24. The first-order valence-electron chi connectivity index (χ1n) is 8.70. The van der Waals surface area contributed by atoms with Gasteiger partial charge in [0.25, 0.3) is 0 Å². The third-order valence-electron chi connectivity index (χ3n) is 4.04. The molecule has 0 saturated heterocycles. The molecule has 3 aromatic rings. The highest BCUT2D eigenvalue weighted by Gasteiger charge is 2.33. The van der Waals surface area contributed by atoms with E-state index in [1.54, 1.807) is 16.8 Å². The zero-order valence-corrected chi connectivity index (χ0v) is 16.8. The maximum atomic E-state index is 12.7. The van der Waals surface area contributed by atoms with Crippen LogP contribution in [0.15, 0.2) is 23.7 Å². The first kappa shape index (κ1) is 20.3. The number of carbonyl (C=O) groups excluding carboxylic acids is 1. The molecule has 0 aliphatic heterocycles. The van der Waals surface area contributed by atoms with Gasteiger partial charge < -0.3 is 9.88 Å². The lowest BCUT2D eigenvalue weighted by atomic mass is 9.92. The fourth-order valence-electron chi connectivity index (χ4n) is 2.79. The number of hydrogen-bond acceptors (Lipinski definition) is 4. The number of rotatable bonds is 4. The number of fused-ring (bicyclic) bond motifs is 1. The Morgan fingerprint density at radius 3 is 2.57 bits per heavy atom. The molecule has 0 bridgehead atoms. The molecule has 0 radical (unpaired) electrons. The normalized spacial score (nSPS) is 12.5. The van der Waals surface area contributed by atoms with Gasteiger partial charge >= 0.3 is 6.18 Å². The molecule has 0 fully saturated rings. The molecule has 1 N–H and O–H groups in total. The highest BCUT2D eigenvalue weighted by Crippen LogP contribution is 2.31. The Labute approximate surface area is 164 Å². The Morgan fingerprint density at radius 2 is 1.96 bits per heavy atom. The molecule has 0 spiro atoms. The lowest BCUT2D eigenvalue weighted by molar-refractivity contribution is -0.140. The molecule has 0 unspecified atom stereocenters. The molecule has 9 heteroatoms. The van der Waals surface area contributed by atoms with Crippen molar-refractivity contribution < 1.29 is 18.0 Å². The lowest BCUT2D eigenvalue weighted by Crippen LogP contribution is -2.20.